The van der Waals surface area contributed by atoms with Crippen LogP contribution in [0, 0.1) is 5.82 Å². The van der Waals surface area contributed by atoms with Gasteiger partial charge in [0.2, 0.25) is 0 Å². The first-order valence-electron chi connectivity index (χ1n) is 8.34. The van der Waals surface area contributed by atoms with E-state index in [1.807, 2.05) is 0 Å². The lowest BCUT2D eigenvalue weighted by molar-refractivity contribution is 0.102. The topological polar surface area (TPSA) is 88.3 Å². The third kappa shape index (κ3) is 3.30. The molecule has 2 aromatic rings. The lowest BCUT2D eigenvalue weighted by atomic mass is 10.2. The Kier molecular flexibility index (Phi) is 4.37. The minimum atomic E-state index is -0.553. The molecule has 26 heavy (non-hydrogen) atoms. The molecule has 138 valence electrons. The van der Waals surface area contributed by atoms with E-state index in [1.54, 1.807) is 23.1 Å². The van der Waals surface area contributed by atoms with Crippen LogP contribution in [0.4, 0.5) is 20.6 Å². The standard InChI is InChI=1S/C17H18FN3O5/c18-14-7-11(1-2-15(14)20-5-3-12(22)8-20)21-9-13(26-17(21)23)10-24-16-4-6-25-19-16/h1-2,4,6-7,12-13,22H,3,5,8-10H2/t12-,13?/m1/s1. The van der Waals surface area contributed by atoms with Gasteiger partial charge >= 0.3 is 6.09 Å². The summed E-state index contributed by atoms with van der Waals surface area (Å²) in [6, 6.07) is 6.15. The molecular weight excluding hydrogens is 345 g/mol. The Balaban J connectivity index is 1.42. The molecule has 4 rings (SSSR count). The molecule has 9 heteroatoms. The van der Waals surface area contributed by atoms with Crippen molar-refractivity contribution in [2.75, 3.05) is 36.0 Å². The number of β-amino-alcohol motifs (C(OH)–C–C–N with tert-alkyl or cyclic N) is 1. The van der Waals surface area contributed by atoms with Crippen molar-refractivity contribution in [1.29, 1.82) is 0 Å². The summed E-state index contributed by atoms with van der Waals surface area (Å²) in [5, 5.41) is 13.2. The van der Waals surface area contributed by atoms with Gasteiger partial charge in [0, 0.05) is 19.2 Å². The second kappa shape index (κ2) is 6.83. The maximum atomic E-state index is 14.5. The first-order chi connectivity index (χ1) is 12.6. The zero-order valence-electron chi connectivity index (χ0n) is 13.9. The quantitative estimate of drug-likeness (QED) is 0.866. The van der Waals surface area contributed by atoms with Crippen molar-refractivity contribution in [2.24, 2.45) is 0 Å². The number of halogens is 1. The zero-order chi connectivity index (χ0) is 18.1. The molecule has 1 unspecified atom stereocenters. The van der Waals surface area contributed by atoms with Gasteiger partial charge in [0.1, 0.15) is 18.7 Å². The van der Waals surface area contributed by atoms with Crippen LogP contribution in [0.25, 0.3) is 0 Å². The SMILES string of the molecule is O=C1OC(COc2ccon2)CN1c1ccc(N2CC[C@@H](O)C2)c(F)c1. The summed E-state index contributed by atoms with van der Waals surface area (Å²) in [6.07, 6.45) is 0.519. The number of aromatic nitrogens is 1. The van der Waals surface area contributed by atoms with Crippen molar-refractivity contribution in [3.05, 3.63) is 36.3 Å². The average Bonchev–Trinajstić information content (AvgIpc) is 3.34. The molecule has 1 N–H and O–H groups in total. The minimum Gasteiger partial charge on any atom is -0.471 e. The number of rotatable bonds is 5. The Morgan fingerprint density at radius 3 is 2.92 bits per heavy atom. The van der Waals surface area contributed by atoms with Crippen LogP contribution in [0.15, 0.2) is 35.1 Å². The molecule has 2 aliphatic heterocycles. The number of hydrogen-bond acceptors (Lipinski definition) is 7. The van der Waals surface area contributed by atoms with Crippen LogP contribution in [-0.4, -0.2) is 54.8 Å². The predicted molar refractivity (Wildman–Crippen MR) is 88.8 cm³/mol. The van der Waals surface area contributed by atoms with Crippen molar-refractivity contribution in [2.45, 2.75) is 18.6 Å². The summed E-state index contributed by atoms with van der Waals surface area (Å²) in [5.41, 5.74) is 0.837. The van der Waals surface area contributed by atoms with Crippen LogP contribution in [0.1, 0.15) is 6.42 Å². The van der Waals surface area contributed by atoms with E-state index >= 15 is 0 Å². The second-order valence-electron chi connectivity index (χ2n) is 6.29. The van der Waals surface area contributed by atoms with E-state index in [0.717, 1.165) is 0 Å². The highest BCUT2D eigenvalue weighted by atomic mass is 19.1. The van der Waals surface area contributed by atoms with Gasteiger partial charge < -0.3 is 24.0 Å². The fourth-order valence-electron chi connectivity index (χ4n) is 3.15. The maximum absolute atomic E-state index is 14.5. The van der Waals surface area contributed by atoms with Crippen LogP contribution in [0.5, 0.6) is 5.88 Å². The van der Waals surface area contributed by atoms with Crippen LogP contribution in [-0.2, 0) is 4.74 Å². The summed E-state index contributed by atoms with van der Waals surface area (Å²) < 4.78 is 29.8. The number of amides is 1. The van der Waals surface area contributed by atoms with Gasteiger partial charge in [-0.1, -0.05) is 0 Å². The first kappa shape index (κ1) is 16.6. The van der Waals surface area contributed by atoms with Gasteiger partial charge in [-0.05, 0) is 29.8 Å². The van der Waals surface area contributed by atoms with Gasteiger partial charge in [-0.2, -0.15) is 0 Å². The summed E-state index contributed by atoms with van der Waals surface area (Å²) in [7, 11) is 0. The Hall–Kier alpha value is -2.81. The monoisotopic (exact) mass is 363 g/mol. The number of nitrogens with zero attached hydrogens (tertiary/aromatic N) is 3. The highest BCUT2D eigenvalue weighted by Gasteiger charge is 2.33. The van der Waals surface area contributed by atoms with Crippen molar-refractivity contribution in [3.8, 4) is 5.88 Å². The number of carbonyl (C=O) groups is 1. The van der Waals surface area contributed by atoms with Crippen LogP contribution in [0.3, 0.4) is 0 Å². The minimum absolute atomic E-state index is 0.126. The smallest absolute Gasteiger partial charge is 0.414 e. The van der Waals surface area contributed by atoms with Crippen LogP contribution in [0.2, 0.25) is 0 Å². The Bertz CT molecular complexity index is 785. The fourth-order valence-corrected chi connectivity index (χ4v) is 3.15. The number of aliphatic hydroxyl groups is 1. The normalized spacial score (nSPS) is 22.8. The van der Waals surface area contributed by atoms with Gasteiger partial charge in [0.05, 0.1) is 24.0 Å². The highest BCUT2D eigenvalue weighted by Crippen LogP contribution is 2.29. The van der Waals surface area contributed by atoms with E-state index < -0.39 is 24.1 Å². The molecule has 0 bridgehead atoms. The van der Waals surface area contributed by atoms with E-state index in [0.29, 0.717) is 36.8 Å². The number of ether oxygens (including phenoxy) is 2. The molecule has 1 aromatic carbocycles. The third-order valence-electron chi connectivity index (χ3n) is 4.45. The molecule has 2 saturated heterocycles. The lowest BCUT2D eigenvalue weighted by Crippen LogP contribution is -2.27. The molecule has 8 nitrogen and oxygen atoms in total. The van der Waals surface area contributed by atoms with E-state index in [-0.39, 0.29) is 13.2 Å². The van der Waals surface area contributed by atoms with Gasteiger partial charge in [0.15, 0.2) is 6.10 Å². The largest absolute Gasteiger partial charge is 0.471 e. The molecule has 0 radical (unpaired) electrons. The number of aliphatic hydroxyl groups excluding tert-OH is 1. The fraction of sp³-hybridized carbons (Fsp3) is 0.412. The number of benzene rings is 1. The molecule has 1 aromatic heterocycles. The molecule has 3 heterocycles. The number of hydrogen-bond donors (Lipinski definition) is 1. The summed E-state index contributed by atoms with van der Waals surface area (Å²) >= 11 is 0. The van der Waals surface area contributed by atoms with Gasteiger partial charge in [-0.15, -0.1) is 0 Å². The van der Waals surface area contributed by atoms with Crippen molar-refractivity contribution >= 4 is 17.5 Å². The van der Waals surface area contributed by atoms with E-state index in [1.165, 1.54) is 17.2 Å². The van der Waals surface area contributed by atoms with Crippen molar-refractivity contribution in [1.82, 2.24) is 5.16 Å². The van der Waals surface area contributed by atoms with Crippen molar-refractivity contribution in [3.63, 3.8) is 0 Å². The molecule has 0 aliphatic carbocycles. The highest BCUT2D eigenvalue weighted by molar-refractivity contribution is 5.90. The molecule has 0 saturated carbocycles. The van der Waals surface area contributed by atoms with E-state index in [4.69, 9.17) is 9.47 Å². The zero-order valence-corrected chi connectivity index (χ0v) is 13.9. The molecule has 2 aliphatic rings. The molecule has 2 fully saturated rings. The average molecular weight is 363 g/mol. The molecule has 0 spiro atoms. The molecule has 1 amide bonds. The summed E-state index contributed by atoms with van der Waals surface area (Å²) in [5.74, 6) is -0.130. The third-order valence-corrected chi connectivity index (χ3v) is 4.45. The van der Waals surface area contributed by atoms with E-state index in [2.05, 4.69) is 9.68 Å². The first-order valence-corrected chi connectivity index (χ1v) is 8.34. The lowest BCUT2D eigenvalue weighted by Gasteiger charge is -2.20. The number of cyclic esters (lactones) is 1. The number of carbonyl (C=O) groups excluding carboxylic acids is 1. The Morgan fingerprint density at radius 1 is 1.35 bits per heavy atom. The summed E-state index contributed by atoms with van der Waals surface area (Å²) in [4.78, 5) is 15.2. The molecular formula is C17H18FN3O5. The van der Waals surface area contributed by atoms with E-state index in [9.17, 15) is 14.3 Å². The predicted octanol–water partition coefficient (Wildman–Crippen LogP) is 1.79. The Labute approximate surface area is 148 Å². The van der Waals surface area contributed by atoms with Crippen molar-refractivity contribution < 1.29 is 28.3 Å². The molecule has 2 atom stereocenters. The van der Waals surface area contributed by atoms with Gasteiger partial charge in [0.25, 0.3) is 5.88 Å². The summed E-state index contributed by atoms with van der Waals surface area (Å²) in [6.45, 7) is 1.38. The van der Waals surface area contributed by atoms with Gasteiger partial charge in [-0.3, -0.25) is 4.90 Å². The Morgan fingerprint density at radius 2 is 2.23 bits per heavy atom. The van der Waals surface area contributed by atoms with Gasteiger partial charge in [-0.25, -0.2) is 9.18 Å². The van der Waals surface area contributed by atoms with Crippen LogP contribution >= 0.6 is 0 Å². The van der Waals surface area contributed by atoms with Crippen LogP contribution < -0.4 is 14.5 Å². The maximum Gasteiger partial charge on any atom is 0.414 e. The second-order valence-corrected chi connectivity index (χ2v) is 6.29. The number of anilines is 2.